The number of aryl methyl sites for hydroxylation is 1. The third-order valence-corrected chi connectivity index (χ3v) is 5.97. The maximum atomic E-state index is 13.0. The number of nitrogens with one attached hydrogen (secondary N) is 1. The lowest BCUT2D eigenvalue weighted by Gasteiger charge is -2.22. The second-order valence-electron chi connectivity index (χ2n) is 6.65. The van der Waals surface area contributed by atoms with E-state index in [1.54, 1.807) is 48.0 Å². The van der Waals surface area contributed by atoms with Crippen molar-refractivity contribution >= 4 is 29.3 Å². The Labute approximate surface area is 161 Å². The van der Waals surface area contributed by atoms with Gasteiger partial charge in [0.05, 0.1) is 13.0 Å². The van der Waals surface area contributed by atoms with Crippen molar-refractivity contribution < 1.29 is 18.8 Å². The molecule has 0 radical (unpaired) electrons. The minimum Gasteiger partial charge on any atom is -0.497 e. The van der Waals surface area contributed by atoms with Gasteiger partial charge in [0.2, 0.25) is 5.91 Å². The SMILES string of the molecule is COc1ccc(NC(=O)C2CSCN2C(=O)c2noc3c2CCCC3)cc1. The number of carbonyl (C=O) groups excluding carboxylic acids is 2. The van der Waals surface area contributed by atoms with Crippen LogP contribution in [0.4, 0.5) is 5.69 Å². The van der Waals surface area contributed by atoms with E-state index in [0.29, 0.717) is 23.0 Å². The van der Waals surface area contributed by atoms with Crippen molar-refractivity contribution in [3.05, 3.63) is 41.3 Å². The monoisotopic (exact) mass is 387 g/mol. The molecule has 1 aliphatic carbocycles. The van der Waals surface area contributed by atoms with Gasteiger partial charge in [-0.1, -0.05) is 5.16 Å². The normalized spacial score (nSPS) is 18.9. The quantitative estimate of drug-likeness (QED) is 0.868. The van der Waals surface area contributed by atoms with Crippen LogP contribution in [0.5, 0.6) is 5.75 Å². The molecule has 1 unspecified atom stereocenters. The fraction of sp³-hybridized carbons (Fsp3) is 0.421. The first-order chi connectivity index (χ1) is 13.2. The number of amides is 2. The third kappa shape index (κ3) is 3.53. The number of carbonyl (C=O) groups is 2. The predicted octanol–water partition coefficient (Wildman–Crippen LogP) is 2.72. The van der Waals surface area contributed by atoms with E-state index in [1.807, 2.05) is 0 Å². The Kier molecular flexibility index (Phi) is 5.07. The van der Waals surface area contributed by atoms with E-state index in [2.05, 4.69) is 10.5 Å². The molecule has 2 amide bonds. The zero-order chi connectivity index (χ0) is 18.8. The number of aromatic nitrogens is 1. The van der Waals surface area contributed by atoms with Crippen LogP contribution in [0, 0.1) is 0 Å². The first-order valence-electron chi connectivity index (χ1n) is 8.98. The van der Waals surface area contributed by atoms with Gasteiger partial charge in [0, 0.05) is 23.4 Å². The lowest BCUT2D eigenvalue weighted by molar-refractivity contribution is -0.119. The summed E-state index contributed by atoms with van der Waals surface area (Å²) in [6.07, 6.45) is 3.72. The van der Waals surface area contributed by atoms with Gasteiger partial charge >= 0.3 is 0 Å². The fourth-order valence-corrected chi connectivity index (χ4v) is 4.60. The number of anilines is 1. The third-order valence-electron chi connectivity index (χ3n) is 4.96. The highest BCUT2D eigenvalue weighted by atomic mass is 32.2. The maximum Gasteiger partial charge on any atom is 0.277 e. The van der Waals surface area contributed by atoms with E-state index >= 15 is 0 Å². The minimum absolute atomic E-state index is 0.198. The van der Waals surface area contributed by atoms with Gasteiger partial charge in [0.25, 0.3) is 5.91 Å². The molecule has 1 aromatic heterocycles. The smallest absolute Gasteiger partial charge is 0.277 e. The molecule has 2 aliphatic rings. The summed E-state index contributed by atoms with van der Waals surface area (Å²) in [7, 11) is 1.59. The number of hydrogen-bond donors (Lipinski definition) is 1. The van der Waals surface area contributed by atoms with Crippen LogP contribution in [0.2, 0.25) is 0 Å². The molecular formula is C19H21N3O4S. The van der Waals surface area contributed by atoms with Crippen LogP contribution in [0.3, 0.4) is 0 Å². The lowest BCUT2D eigenvalue weighted by Crippen LogP contribution is -2.44. The number of thioether (sulfide) groups is 1. The van der Waals surface area contributed by atoms with Gasteiger partial charge in [-0.05, 0) is 43.5 Å². The molecule has 2 heterocycles. The predicted molar refractivity (Wildman–Crippen MR) is 102 cm³/mol. The Hall–Kier alpha value is -2.48. The van der Waals surface area contributed by atoms with Crippen molar-refractivity contribution in [2.75, 3.05) is 24.1 Å². The molecule has 1 aliphatic heterocycles. The molecule has 4 rings (SSSR count). The number of methoxy groups -OCH3 is 1. The van der Waals surface area contributed by atoms with Gasteiger partial charge in [0.1, 0.15) is 17.6 Å². The zero-order valence-corrected chi connectivity index (χ0v) is 15.9. The number of nitrogens with zero attached hydrogens (tertiary/aromatic N) is 2. The molecule has 1 atom stereocenters. The molecular weight excluding hydrogens is 366 g/mol. The summed E-state index contributed by atoms with van der Waals surface area (Å²) in [5.41, 5.74) is 1.95. The Morgan fingerprint density at radius 1 is 1.26 bits per heavy atom. The number of ether oxygens (including phenoxy) is 1. The van der Waals surface area contributed by atoms with Crippen LogP contribution in [0.15, 0.2) is 28.8 Å². The van der Waals surface area contributed by atoms with Crippen LogP contribution in [0.1, 0.15) is 34.7 Å². The Morgan fingerprint density at radius 2 is 2.04 bits per heavy atom. The van der Waals surface area contributed by atoms with E-state index in [-0.39, 0.29) is 11.8 Å². The first kappa shape index (κ1) is 17.9. The van der Waals surface area contributed by atoms with Crippen LogP contribution in [-0.2, 0) is 17.6 Å². The van der Waals surface area contributed by atoms with E-state index < -0.39 is 6.04 Å². The fourth-order valence-electron chi connectivity index (χ4n) is 3.45. The average molecular weight is 387 g/mol. The van der Waals surface area contributed by atoms with Crippen molar-refractivity contribution in [1.82, 2.24) is 10.1 Å². The Bertz CT molecular complexity index is 849. The van der Waals surface area contributed by atoms with Gasteiger partial charge in [-0.3, -0.25) is 9.59 Å². The molecule has 0 bridgehead atoms. The second kappa shape index (κ2) is 7.64. The van der Waals surface area contributed by atoms with Gasteiger partial charge in [0.15, 0.2) is 5.69 Å². The summed E-state index contributed by atoms with van der Waals surface area (Å²) < 4.78 is 10.5. The average Bonchev–Trinajstić information content (AvgIpc) is 3.35. The van der Waals surface area contributed by atoms with Crippen LogP contribution in [-0.4, -0.2) is 46.7 Å². The molecule has 8 heteroatoms. The topological polar surface area (TPSA) is 84.7 Å². The summed E-state index contributed by atoms with van der Waals surface area (Å²) in [6.45, 7) is 0. The highest BCUT2D eigenvalue weighted by Crippen LogP contribution is 2.29. The van der Waals surface area contributed by atoms with Gasteiger partial charge < -0.3 is 19.5 Å². The lowest BCUT2D eigenvalue weighted by atomic mass is 9.96. The molecule has 142 valence electrons. The number of rotatable bonds is 4. The van der Waals surface area contributed by atoms with Crippen molar-refractivity contribution in [3.63, 3.8) is 0 Å². The van der Waals surface area contributed by atoms with Crippen molar-refractivity contribution in [1.29, 1.82) is 0 Å². The van der Waals surface area contributed by atoms with Crippen LogP contribution >= 0.6 is 11.8 Å². The largest absolute Gasteiger partial charge is 0.497 e. The van der Waals surface area contributed by atoms with Crippen LogP contribution in [0.25, 0.3) is 0 Å². The summed E-state index contributed by atoms with van der Waals surface area (Å²) in [5.74, 6) is 2.15. The number of benzene rings is 1. The summed E-state index contributed by atoms with van der Waals surface area (Å²) in [5, 5.41) is 6.90. The van der Waals surface area contributed by atoms with Gasteiger partial charge in [-0.15, -0.1) is 11.8 Å². The highest BCUT2D eigenvalue weighted by Gasteiger charge is 2.38. The van der Waals surface area contributed by atoms with Crippen molar-refractivity contribution in [2.24, 2.45) is 0 Å². The maximum absolute atomic E-state index is 13.0. The van der Waals surface area contributed by atoms with E-state index in [9.17, 15) is 9.59 Å². The van der Waals surface area contributed by atoms with E-state index in [0.717, 1.165) is 42.8 Å². The second-order valence-corrected chi connectivity index (χ2v) is 7.65. The molecule has 1 saturated heterocycles. The Balaban J connectivity index is 1.48. The summed E-state index contributed by atoms with van der Waals surface area (Å²) >= 11 is 1.56. The first-order valence-corrected chi connectivity index (χ1v) is 10.1. The molecule has 27 heavy (non-hydrogen) atoms. The van der Waals surface area contributed by atoms with E-state index in [4.69, 9.17) is 9.26 Å². The highest BCUT2D eigenvalue weighted by molar-refractivity contribution is 7.99. The number of fused-ring (bicyclic) bond motifs is 1. The zero-order valence-electron chi connectivity index (χ0n) is 15.1. The van der Waals surface area contributed by atoms with Crippen molar-refractivity contribution in [3.8, 4) is 5.75 Å². The van der Waals surface area contributed by atoms with Crippen LogP contribution < -0.4 is 10.1 Å². The summed E-state index contributed by atoms with van der Waals surface area (Å²) in [6, 6.07) is 6.59. The summed E-state index contributed by atoms with van der Waals surface area (Å²) in [4.78, 5) is 27.4. The molecule has 2 aromatic rings. The molecule has 1 aromatic carbocycles. The molecule has 7 nitrogen and oxygen atoms in total. The molecule has 0 saturated carbocycles. The van der Waals surface area contributed by atoms with Crippen molar-refractivity contribution in [2.45, 2.75) is 31.7 Å². The Morgan fingerprint density at radius 3 is 2.81 bits per heavy atom. The van der Waals surface area contributed by atoms with E-state index in [1.165, 1.54) is 0 Å². The molecule has 1 N–H and O–H groups in total. The van der Waals surface area contributed by atoms with Gasteiger partial charge in [-0.25, -0.2) is 0 Å². The molecule has 0 spiro atoms. The number of hydrogen-bond acceptors (Lipinski definition) is 6. The standard InChI is InChI=1S/C19H21N3O4S/c1-25-13-8-6-12(7-9-13)20-18(23)15-10-27-11-22(15)19(24)17-14-4-2-3-5-16(14)26-21-17/h6-9,15H,2-5,10-11H2,1H3,(H,20,23). The molecule has 1 fully saturated rings. The minimum atomic E-state index is -0.527. The van der Waals surface area contributed by atoms with Gasteiger partial charge in [-0.2, -0.15) is 0 Å².